The van der Waals surface area contributed by atoms with Crippen LogP contribution in [-0.2, 0) is 19.1 Å². The van der Waals surface area contributed by atoms with Crippen molar-refractivity contribution in [2.45, 2.75) is 65.2 Å². The SMILES string of the molecule is CCOC(=O)C1CCC(C(=O)Oc2ccc(OC(=O)C3CCC(C)CC3)cc2-c2nc3ccccc3o2)CC1. The van der Waals surface area contributed by atoms with Crippen LogP contribution >= 0.6 is 0 Å². The first-order valence-electron chi connectivity index (χ1n) is 14.0. The predicted molar refractivity (Wildman–Crippen MR) is 144 cm³/mol. The van der Waals surface area contributed by atoms with Crippen LogP contribution in [0.4, 0.5) is 0 Å². The van der Waals surface area contributed by atoms with E-state index in [0.717, 1.165) is 25.7 Å². The van der Waals surface area contributed by atoms with E-state index in [1.165, 1.54) is 0 Å². The third-order valence-electron chi connectivity index (χ3n) is 7.93. The summed E-state index contributed by atoms with van der Waals surface area (Å²) in [6.45, 7) is 4.35. The number of carbonyl (C=O) groups excluding carboxylic acids is 3. The number of rotatable bonds is 7. The number of carbonyl (C=O) groups is 3. The summed E-state index contributed by atoms with van der Waals surface area (Å²) in [4.78, 5) is 42.7. The first-order chi connectivity index (χ1) is 18.9. The molecule has 3 aromatic rings. The Bertz CT molecular complexity index is 1300. The molecule has 206 valence electrons. The molecule has 0 radical (unpaired) electrons. The molecule has 1 aromatic heterocycles. The number of ether oxygens (including phenoxy) is 3. The first-order valence-corrected chi connectivity index (χ1v) is 14.0. The summed E-state index contributed by atoms with van der Waals surface area (Å²) in [5, 5.41) is 0. The lowest BCUT2D eigenvalue weighted by atomic mass is 9.82. The third kappa shape index (κ3) is 6.32. The molecular formula is C31H35NO7. The van der Waals surface area contributed by atoms with Gasteiger partial charge in [-0.1, -0.05) is 19.1 Å². The zero-order valence-corrected chi connectivity index (χ0v) is 22.5. The van der Waals surface area contributed by atoms with Crippen LogP contribution in [0.15, 0.2) is 46.9 Å². The standard InChI is InChI=1S/C31H35NO7/c1-3-36-29(33)20-12-14-22(15-13-20)31(35)39-26-17-16-23(37-30(34)21-10-8-19(2)9-11-21)18-24(26)28-32-25-6-4-5-7-27(25)38-28/h4-7,16-22H,3,8-15H2,1-2H3. The number of para-hydroxylation sites is 2. The van der Waals surface area contributed by atoms with Gasteiger partial charge in [0.05, 0.1) is 29.9 Å². The summed E-state index contributed by atoms with van der Waals surface area (Å²) in [5.41, 5.74) is 1.70. The number of fused-ring (bicyclic) bond motifs is 1. The van der Waals surface area contributed by atoms with Crippen LogP contribution in [0.25, 0.3) is 22.6 Å². The fraction of sp³-hybridized carbons (Fsp3) is 0.484. The van der Waals surface area contributed by atoms with E-state index in [2.05, 4.69) is 11.9 Å². The maximum absolute atomic E-state index is 13.1. The van der Waals surface area contributed by atoms with Gasteiger partial charge in [0.25, 0.3) is 0 Å². The zero-order valence-electron chi connectivity index (χ0n) is 22.5. The molecule has 0 saturated heterocycles. The maximum Gasteiger partial charge on any atom is 0.314 e. The second-order valence-electron chi connectivity index (χ2n) is 10.7. The predicted octanol–water partition coefficient (Wildman–Crippen LogP) is 6.50. The first kappa shape index (κ1) is 26.9. The number of benzene rings is 2. The molecule has 0 spiro atoms. The molecule has 0 aliphatic heterocycles. The molecule has 0 bridgehead atoms. The van der Waals surface area contributed by atoms with Crippen LogP contribution in [0.3, 0.4) is 0 Å². The van der Waals surface area contributed by atoms with Gasteiger partial charge < -0.3 is 18.6 Å². The molecule has 8 heteroatoms. The number of aromatic nitrogens is 1. The Morgan fingerprint density at radius 1 is 0.821 bits per heavy atom. The van der Waals surface area contributed by atoms with Crippen LogP contribution in [0.5, 0.6) is 11.5 Å². The van der Waals surface area contributed by atoms with E-state index in [9.17, 15) is 14.4 Å². The van der Waals surface area contributed by atoms with Gasteiger partial charge in [-0.3, -0.25) is 14.4 Å². The van der Waals surface area contributed by atoms with Crippen molar-refractivity contribution in [2.24, 2.45) is 23.7 Å². The summed E-state index contributed by atoms with van der Waals surface area (Å²) in [6.07, 6.45) is 5.97. The van der Waals surface area contributed by atoms with Gasteiger partial charge in [0, 0.05) is 0 Å². The monoisotopic (exact) mass is 533 g/mol. The van der Waals surface area contributed by atoms with Crippen LogP contribution in [-0.4, -0.2) is 29.5 Å². The van der Waals surface area contributed by atoms with Crippen LogP contribution < -0.4 is 9.47 Å². The van der Waals surface area contributed by atoms with E-state index in [0.29, 0.717) is 60.6 Å². The molecule has 1 heterocycles. The van der Waals surface area contributed by atoms with Gasteiger partial charge in [0.15, 0.2) is 5.58 Å². The largest absolute Gasteiger partial charge is 0.466 e. The topological polar surface area (TPSA) is 105 Å². The summed E-state index contributed by atoms with van der Waals surface area (Å²) in [5.74, 6) is 0.124. The molecule has 0 N–H and O–H groups in total. The quantitative estimate of drug-likeness (QED) is 0.250. The van der Waals surface area contributed by atoms with Crippen LogP contribution in [0.2, 0.25) is 0 Å². The maximum atomic E-state index is 13.1. The molecule has 2 aliphatic carbocycles. The molecule has 39 heavy (non-hydrogen) atoms. The summed E-state index contributed by atoms with van der Waals surface area (Å²) in [6, 6.07) is 12.3. The van der Waals surface area contributed by atoms with Gasteiger partial charge in [-0.05, 0) is 94.5 Å². The molecule has 0 unspecified atom stereocenters. The highest BCUT2D eigenvalue weighted by Gasteiger charge is 2.32. The molecule has 2 fully saturated rings. The lowest BCUT2D eigenvalue weighted by Crippen LogP contribution is -2.29. The molecule has 2 aliphatic rings. The van der Waals surface area contributed by atoms with Crippen LogP contribution in [0, 0.1) is 23.7 Å². The molecule has 5 rings (SSSR count). The second-order valence-corrected chi connectivity index (χ2v) is 10.7. The normalized spacial score (nSPS) is 23.2. The number of hydrogen-bond donors (Lipinski definition) is 0. The Labute approximate surface area is 228 Å². The van der Waals surface area contributed by atoms with E-state index < -0.39 is 0 Å². The Hall–Kier alpha value is -3.68. The van der Waals surface area contributed by atoms with Gasteiger partial charge in [0.1, 0.15) is 17.0 Å². The Balaban J connectivity index is 1.34. The fourth-order valence-electron chi connectivity index (χ4n) is 5.53. The summed E-state index contributed by atoms with van der Waals surface area (Å²) in [7, 11) is 0. The van der Waals surface area contributed by atoms with Gasteiger partial charge >= 0.3 is 17.9 Å². The van der Waals surface area contributed by atoms with E-state index in [-0.39, 0.29) is 47.3 Å². The van der Waals surface area contributed by atoms with Crippen molar-refractivity contribution < 1.29 is 33.0 Å². The van der Waals surface area contributed by atoms with Crippen molar-refractivity contribution in [3.63, 3.8) is 0 Å². The lowest BCUT2D eigenvalue weighted by molar-refractivity contribution is -0.151. The molecule has 0 amide bonds. The number of esters is 3. The van der Waals surface area contributed by atoms with Crippen molar-refractivity contribution in [3.8, 4) is 23.0 Å². The van der Waals surface area contributed by atoms with Crippen molar-refractivity contribution in [2.75, 3.05) is 6.61 Å². The van der Waals surface area contributed by atoms with Crippen molar-refractivity contribution >= 4 is 29.0 Å². The molecule has 0 atom stereocenters. The summed E-state index contributed by atoms with van der Waals surface area (Å²) >= 11 is 0. The average molecular weight is 534 g/mol. The summed E-state index contributed by atoms with van der Waals surface area (Å²) < 4.78 is 22.7. The minimum Gasteiger partial charge on any atom is -0.466 e. The van der Waals surface area contributed by atoms with Gasteiger partial charge in [0.2, 0.25) is 5.89 Å². The van der Waals surface area contributed by atoms with Crippen molar-refractivity contribution in [1.29, 1.82) is 0 Å². The Morgan fingerprint density at radius 3 is 2.10 bits per heavy atom. The minimum absolute atomic E-state index is 0.115. The second kappa shape index (κ2) is 12.0. The highest BCUT2D eigenvalue weighted by molar-refractivity contribution is 5.82. The molecule has 2 saturated carbocycles. The fourth-order valence-corrected chi connectivity index (χ4v) is 5.53. The lowest BCUT2D eigenvalue weighted by Gasteiger charge is -2.26. The average Bonchev–Trinajstić information content (AvgIpc) is 3.38. The minimum atomic E-state index is -0.365. The number of hydrogen-bond acceptors (Lipinski definition) is 8. The van der Waals surface area contributed by atoms with E-state index in [1.54, 1.807) is 25.1 Å². The third-order valence-corrected chi connectivity index (χ3v) is 7.93. The van der Waals surface area contributed by atoms with E-state index in [1.807, 2.05) is 24.3 Å². The van der Waals surface area contributed by atoms with Crippen LogP contribution in [0.1, 0.15) is 65.2 Å². The van der Waals surface area contributed by atoms with Gasteiger partial charge in [-0.25, -0.2) is 4.98 Å². The molecular weight excluding hydrogens is 498 g/mol. The number of oxazole rings is 1. The van der Waals surface area contributed by atoms with Crippen molar-refractivity contribution in [1.82, 2.24) is 4.98 Å². The highest BCUT2D eigenvalue weighted by Crippen LogP contribution is 2.38. The van der Waals surface area contributed by atoms with Gasteiger partial charge in [-0.15, -0.1) is 0 Å². The zero-order chi connectivity index (χ0) is 27.4. The smallest absolute Gasteiger partial charge is 0.314 e. The Kier molecular flexibility index (Phi) is 8.29. The van der Waals surface area contributed by atoms with E-state index >= 15 is 0 Å². The molecule has 2 aromatic carbocycles. The van der Waals surface area contributed by atoms with E-state index in [4.69, 9.17) is 18.6 Å². The number of nitrogens with zero attached hydrogens (tertiary/aromatic N) is 1. The van der Waals surface area contributed by atoms with Crippen molar-refractivity contribution in [3.05, 3.63) is 42.5 Å². The van der Waals surface area contributed by atoms with Gasteiger partial charge in [-0.2, -0.15) is 0 Å². The highest BCUT2D eigenvalue weighted by atomic mass is 16.5. The molecule has 8 nitrogen and oxygen atoms in total. The Morgan fingerprint density at radius 2 is 1.44 bits per heavy atom.